The molecule has 4 rings (SSSR count). The molecular formula is C36H45ClF3NO3. The highest BCUT2D eigenvalue weighted by molar-refractivity contribution is 6.31. The van der Waals surface area contributed by atoms with Crippen LogP contribution in [0.4, 0.5) is 13.2 Å². The summed E-state index contributed by atoms with van der Waals surface area (Å²) in [6, 6.07) is 4.05. The number of carboxylic acid groups (broad SMARTS) is 1. The van der Waals surface area contributed by atoms with Gasteiger partial charge in [0.1, 0.15) is 0 Å². The normalized spacial score (nSPS) is 22.7. The molecule has 0 unspecified atom stereocenters. The lowest BCUT2D eigenvalue weighted by Gasteiger charge is -2.25. The number of allylic oxidation sites excluding steroid dienone is 5. The molecule has 4 nitrogen and oxygen atoms in total. The Morgan fingerprint density at radius 2 is 1.70 bits per heavy atom. The number of carboxylic acids is 1. The SMILES string of the molecule is CCc1cc(C)cc(Cl)c1CCCC(=CCC1CCCCC1)C(=O)C1=C(C(F)(F)F)C(=CCC2CCC(C(=O)O)CC2)N=C1. The number of alkyl halides is 3. The number of Topliss-reactive ketones (excluding diaryl/α,β-unsaturated/α-hetero) is 1. The van der Waals surface area contributed by atoms with Crippen LogP contribution in [0.25, 0.3) is 0 Å². The number of carbonyl (C=O) groups is 2. The van der Waals surface area contributed by atoms with Crippen LogP contribution in [-0.2, 0) is 22.4 Å². The van der Waals surface area contributed by atoms with Crippen LogP contribution in [0.5, 0.6) is 0 Å². The van der Waals surface area contributed by atoms with Gasteiger partial charge in [0.15, 0.2) is 5.78 Å². The average molecular weight is 632 g/mol. The Morgan fingerprint density at radius 1 is 1.02 bits per heavy atom. The van der Waals surface area contributed by atoms with Crippen molar-refractivity contribution in [3.63, 3.8) is 0 Å². The molecule has 1 heterocycles. The molecule has 44 heavy (non-hydrogen) atoms. The summed E-state index contributed by atoms with van der Waals surface area (Å²) >= 11 is 6.59. The van der Waals surface area contributed by atoms with Gasteiger partial charge in [-0.25, -0.2) is 0 Å². The van der Waals surface area contributed by atoms with E-state index in [4.69, 9.17) is 11.6 Å². The maximum atomic E-state index is 14.5. The molecule has 0 radical (unpaired) electrons. The van der Waals surface area contributed by atoms with Gasteiger partial charge in [0.05, 0.1) is 22.8 Å². The zero-order valence-electron chi connectivity index (χ0n) is 25.9. The lowest BCUT2D eigenvalue weighted by Crippen LogP contribution is -2.21. The molecule has 240 valence electrons. The zero-order chi connectivity index (χ0) is 31.9. The number of rotatable bonds is 12. The number of hydrogen-bond donors (Lipinski definition) is 1. The van der Waals surface area contributed by atoms with Crippen molar-refractivity contribution < 1.29 is 27.9 Å². The summed E-state index contributed by atoms with van der Waals surface area (Å²) in [4.78, 5) is 29.2. The fourth-order valence-electron chi connectivity index (χ4n) is 7.06. The molecule has 0 saturated heterocycles. The topological polar surface area (TPSA) is 66.7 Å². The van der Waals surface area contributed by atoms with E-state index < -0.39 is 23.5 Å². The van der Waals surface area contributed by atoms with Crippen LogP contribution >= 0.6 is 11.6 Å². The van der Waals surface area contributed by atoms with Crippen molar-refractivity contribution in [2.24, 2.45) is 22.7 Å². The lowest BCUT2D eigenvalue weighted by molar-refractivity contribution is -0.143. The summed E-state index contributed by atoms with van der Waals surface area (Å²) in [6.45, 7) is 4.08. The first-order valence-corrected chi connectivity index (χ1v) is 16.7. The first-order chi connectivity index (χ1) is 21.0. The Kier molecular flexibility index (Phi) is 12.1. The summed E-state index contributed by atoms with van der Waals surface area (Å²) in [7, 11) is 0. The van der Waals surface area contributed by atoms with E-state index in [0.717, 1.165) is 55.0 Å². The van der Waals surface area contributed by atoms with Crippen molar-refractivity contribution in [2.75, 3.05) is 0 Å². The highest BCUT2D eigenvalue weighted by Gasteiger charge is 2.42. The fourth-order valence-corrected chi connectivity index (χ4v) is 7.45. The standard InChI is InChI=1S/C36H45ClF3NO3/c1-3-26-20-23(2)21-31(37)29(26)11-7-10-27(16-12-24-8-5-4-6-9-24)34(42)30-22-41-32(33(30)36(38,39)40)19-15-25-13-17-28(18-14-25)35(43)44/h16,19-22,24-25,28H,3-15,17-18H2,1-2H3,(H,43,44). The molecule has 0 atom stereocenters. The number of aliphatic imine (C=N–C) groups is 1. The number of ketones is 1. The van der Waals surface area contributed by atoms with Crippen LogP contribution in [0.15, 0.2) is 51.7 Å². The third kappa shape index (κ3) is 8.95. The van der Waals surface area contributed by atoms with E-state index in [1.807, 2.05) is 19.1 Å². The molecule has 2 saturated carbocycles. The zero-order valence-corrected chi connectivity index (χ0v) is 26.7. The summed E-state index contributed by atoms with van der Waals surface area (Å²) in [6.07, 6.45) is 11.3. The Labute approximate surface area is 264 Å². The van der Waals surface area contributed by atoms with E-state index in [1.165, 1.54) is 12.5 Å². The number of aliphatic carboxylic acids is 1. The monoisotopic (exact) mass is 631 g/mol. The van der Waals surface area contributed by atoms with Crippen LogP contribution in [0.3, 0.4) is 0 Å². The molecular weight excluding hydrogens is 587 g/mol. The van der Waals surface area contributed by atoms with Crippen LogP contribution in [0, 0.1) is 24.7 Å². The van der Waals surface area contributed by atoms with Crippen LogP contribution in [0.2, 0.25) is 5.02 Å². The maximum absolute atomic E-state index is 14.5. The number of aryl methyl sites for hydroxylation is 2. The summed E-state index contributed by atoms with van der Waals surface area (Å²) in [5, 5.41) is 9.93. The molecule has 0 bridgehead atoms. The molecule has 2 aliphatic carbocycles. The number of halogens is 4. The van der Waals surface area contributed by atoms with Gasteiger partial charge in [0, 0.05) is 11.2 Å². The van der Waals surface area contributed by atoms with Gasteiger partial charge < -0.3 is 5.11 Å². The highest BCUT2D eigenvalue weighted by Crippen LogP contribution is 2.40. The molecule has 1 N–H and O–H groups in total. The average Bonchev–Trinajstić information content (AvgIpc) is 3.44. The Morgan fingerprint density at radius 3 is 2.34 bits per heavy atom. The van der Waals surface area contributed by atoms with Gasteiger partial charge in [-0.05, 0) is 111 Å². The predicted octanol–water partition coefficient (Wildman–Crippen LogP) is 10.1. The van der Waals surface area contributed by atoms with Crippen molar-refractivity contribution in [1.29, 1.82) is 0 Å². The van der Waals surface area contributed by atoms with Crippen molar-refractivity contribution in [1.82, 2.24) is 0 Å². The first-order valence-electron chi connectivity index (χ1n) is 16.3. The van der Waals surface area contributed by atoms with Gasteiger partial charge in [-0.1, -0.05) is 68.8 Å². The minimum Gasteiger partial charge on any atom is -0.481 e. The van der Waals surface area contributed by atoms with E-state index in [0.29, 0.717) is 74.3 Å². The quantitative estimate of drug-likeness (QED) is 0.233. The largest absolute Gasteiger partial charge is 0.481 e. The lowest BCUT2D eigenvalue weighted by atomic mass is 9.80. The van der Waals surface area contributed by atoms with Crippen molar-refractivity contribution in [3.05, 3.63) is 68.4 Å². The first kappa shape index (κ1) is 34.2. The van der Waals surface area contributed by atoms with Gasteiger partial charge >= 0.3 is 12.1 Å². The maximum Gasteiger partial charge on any atom is 0.419 e. The molecule has 2 fully saturated rings. The smallest absolute Gasteiger partial charge is 0.419 e. The molecule has 1 aromatic carbocycles. The highest BCUT2D eigenvalue weighted by atomic mass is 35.5. The summed E-state index contributed by atoms with van der Waals surface area (Å²) < 4.78 is 43.4. The molecule has 8 heteroatoms. The molecule has 0 aromatic heterocycles. The van der Waals surface area contributed by atoms with Crippen molar-refractivity contribution >= 4 is 29.6 Å². The van der Waals surface area contributed by atoms with Gasteiger partial charge in [0.2, 0.25) is 0 Å². The molecule has 3 aliphatic rings. The van der Waals surface area contributed by atoms with E-state index in [2.05, 4.69) is 18.0 Å². The Balaban J connectivity index is 1.55. The second-order valence-corrected chi connectivity index (χ2v) is 13.2. The molecule has 0 spiro atoms. The number of carbonyl (C=O) groups excluding carboxylic acids is 1. The molecule has 1 aromatic rings. The van der Waals surface area contributed by atoms with E-state index >= 15 is 0 Å². The van der Waals surface area contributed by atoms with Gasteiger partial charge in [0.25, 0.3) is 0 Å². The number of hydrogen-bond acceptors (Lipinski definition) is 3. The van der Waals surface area contributed by atoms with E-state index in [9.17, 15) is 27.9 Å². The van der Waals surface area contributed by atoms with Gasteiger partial charge in [-0.2, -0.15) is 13.2 Å². The molecule has 0 amide bonds. The van der Waals surface area contributed by atoms with Gasteiger partial charge in [-0.3, -0.25) is 14.6 Å². The third-order valence-electron chi connectivity index (χ3n) is 9.63. The Bertz CT molecular complexity index is 1330. The summed E-state index contributed by atoms with van der Waals surface area (Å²) in [5.74, 6) is -1.23. The van der Waals surface area contributed by atoms with Crippen LogP contribution in [0.1, 0.15) is 107 Å². The van der Waals surface area contributed by atoms with Crippen LogP contribution < -0.4 is 0 Å². The van der Waals surface area contributed by atoms with E-state index in [-0.39, 0.29) is 23.1 Å². The summed E-state index contributed by atoms with van der Waals surface area (Å²) in [5.41, 5.74) is 2.17. The van der Waals surface area contributed by atoms with Crippen molar-refractivity contribution in [2.45, 2.75) is 116 Å². The number of nitrogens with zero attached hydrogens (tertiary/aromatic N) is 1. The van der Waals surface area contributed by atoms with Crippen LogP contribution in [-0.4, -0.2) is 29.2 Å². The fraction of sp³-hybridized carbons (Fsp3) is 0.583. The minimum atomic E-state index is -4.73. The minimum absolute atomic E-state index is 0.107. The molecule has 1 aliphatic heterocycles. The second-order valence-electron chi connectivity index (χ2n) is 12.8. The van der Waals surface area contributed by atoms with Gasteiger partial charge in [-0.15, -0.1) is 0 Å². The predicted molar refractivity (Wildman–Crippen MR) is 170 cm³/mol. The number of benzene rings is 1. The second kappa shape index (κ2) is 15.6. The van der Waals surface area contributed by atoms with E-state index in [1.54, 1.807) is 0 Å². The Hall–Kier alpha value is -2.67. The van der Waals surface area contributed by atoms with Crippen molar-refractivity contribution in [3.8, 4) is 0 Å². The third-order valence-corrected chi connectivity index (χ3v) is 9.96.